The molecule has 160 valence electrons. The van der Waals surface area contributed by atoms with Gasteiger partial charge in [-0.3, -0.25) is 9.59 Å². The molecule has 7 heteroatoms. The molecule has 6 nitrogen and oxygen atoms in total. The fraction of sp³-hybridized carbons (Fsp3) is 0.478. The second-order valence-corrected chi connectivity index (χ2v) is 9.16. The Morgan fingerprint density at radius 3 is 2.57 bits per heavy atom. The number of hydrogen-bond acceptors (Lipinski definition) is 5. The van der Waals surface area contributed by atoms with Crippen LogP contribution < -0.4 is 9.47 Å². The number of thiophene rings is 1. The lowest BCUT2D eigenvalue weighted by Crippen LogP contribution is -2.48. The van der Waals surface area contributed by atoms with Gasteiger partial charge in [0.25, 0.3) is 5.91 Å². The zero-order valence-electron chi connectivity index (χ0n) is 17.9. The Kier molecular flexibility index (Phi) is 5.73. The average molecular weight is 429 g/mol. The number of carbonyl (C=O) groups is 2. The number of methoxy groups -OCH3 is 2. The SMILES string of the molecule is COc1cc2c(cc1OC)C(C(=O)N1CCCC(C)C1)C(c1cccs1)N(C)C2=O. The Bertz CT molecular complexity index is 943. The molecule has 2 amide bonds. The van der Waals surface area contributed by atoms with Gasteiger partial charge in [-0.2, -0.15) is 0 Å². The molecule has 1 fully saturated rings. The number of carbonyl (C=O) groups excluding carboxylic acids is 2. The summed E-state index contributed by atoms with van der Waals surface area (Å²) in [5.41, 5.74) is 1.23. The summed E-state index contributed by atoms with van der Waals surface area (Å²) in [6, 6.07) is 7.15. The summed E-state index contributed by atoms with van der Waals surface area (Å²) >= 11 is 1.58. The number of hydrogen-bond donors (Lipinski definition) is 0. The number of amides is 2. The molecule has 0 saturated carbocycles. The quantitative estimate of drug-likeness (QED) is 0.740. The van der Waals surface area contributed by atoms with Crippen molar-refractivity contribution in [3.63, 3.8) is 0 Å². The fourth-order valence-corrected chi connectivity index (χ4v) is 5.62. The molecule has 0 N–H and O–H groups in total. The fourth-order valence-electron chi connectivity index (χ4n) is 4.72. The minimum atomic E-state index is -0.480. The second-order valence-electron chi connectivity index (χ2n) is 8.18. The normalized spacial score (nSPS) is 23.9. The van der Waals surface area contributed by atoms with Crippen LogP contribution in [-0.2, 0) is 4.79 Å². The molecule has 2 aliphatic rings. The average Bonchev–Trinajstić information content (AvgIpc) is 3.29. The lowest BCUT2D eigenvalue weighted by molar-refractivity contribution is -0.136. The van der Waals surface area contributed by atoms with Gasteiger partial charge in [-0.25, -0.2) is 0 Å². The summed E-state index contributed by atoms with van der Waals surface area (Å²) < 4.78 is 10.9. The zero-order valence-corrected chi connectivity index (χ0v) is 18.7. The molecule has 0 bridgehead atoms. The van der Waals surface area contributed by atoms with Gasteiger partial charge in [-0.15, -0.1) is 11.3 Å². The number of fused-ring (bicyclic) bond motifs is 1. The maximum atomic E-state index is 13.9. The van der Waals surface area contributed by atoms with E-state index in [2.05, 4.69) is 6.92 Å². The molecule has 2 aliphatic heterocycles. The summed E-state index contributed by atoms with van der Waals surface area (Å²) in [5, 5.41) is 1.99. The summed E-state index contributed by atoms with van der Waals surface area (Å²) in [5.74, 6) is 0.990. The monoisotopic (exact) mass is 428 g/mol. The highest BCUT2D eigenvalue weighted by molar-refractivity contribution is 7.10. The van der Waals surface area contributed by atoms with Crippen LogP contribution in [0.2, 0.25) is 0 Å². The number of likely N-dealkylation sites (tertiary alicyclic amines) is 1. The smallest absolute Gasteiger partial charge is 0.254 e. The zero-order chi connectivity index (χ0) is 21.4. The number of rotatable bonds is 4. The van der Waals surface area contributed by atoms with E-state index in [1.165, 1.54) is 0 Å². The van der Waals surface area contributed by atoms with Crippen molar-refractivity contribution in [2.45, 2.75) is 31.7 Å². The van der Waals surface area contributed by atoms with Crippen LogP contribution in [0.15, 0.2) is 29.6 Å². The van der Waals surface area contributed by atoms with Crippen LogP contribution in [0, 0.1) is 5.92 Å². The van der Waals surface area contributed by atoms with Crippen molar-refractivity contribution in [1.82, 2.24) is 9.80 Å². The first-order valence-corrected chi connectivity index (χ1v) is 11.2. The Morgan fingerprint density at radius 1 is 1.20 bits per heavy atom. The van der Waals surface area contributed by atoms with Crippen molar-refractivity contribution < 1.29 is 19.1 Å². The van der Waals surface area contributed by atoms with Gasteiger partial charge in [0.1, 0.15) is 0 Å². The second kappa shape index (κ2) is 8.30. The molecule has 30 heavy (non-hydrogen) atoms. The number of nitrogens with zero attached hydrogens (tertiary/aromatic N) is 2. The van der Waals surface area contributed by atoms with Crippen LogP contribution in [0.5, 0.6) is 11.5 Å². The first kappa shape index (κ1) is 20.7. The number of likely N-dealkylation sites (N-methyl/N-ethyl adjacent to an activating group) is 1. The minimum Gasteiger partial charge on any atom is -0.493 e. The lowest BCUT2D eigenvalue weighted by Gasteiger charge is -2.42. The molecule has 1 saturated heterocycles. The van der Waals surface area contributed by atoms with E-state index in [-0.39, 0.29) is 17.9 Å². The molecule has 3 atom stereocenters. The van der Waals surface area contributed by atoms with Crippen molar-refractivity contribution >= 4 is 23.2 Å². The molecule has 1 aromatic carbocycles. The molecule has 1 aromatic heterocycles. The van der Waals surface area contributed by atoms with Gasteiger partial charge in [0.2, 0.25) is 5.91 Å². The third kappa shape index (κ3) is 3.45. The van der Waals surface area contributed by atoms with Gasteiger partial charge in [-0.1, -0.05) is 13.0 Å². The highest BCUT2D eigenvalue weighted by Gasteiger charge is 2.45. The van der Waals surface area contributed by atoms with E-state index in [4.69, 9.17) is 9.47 Å². The Morgan fingerprint density at radius 2 is 1.93 bits per heavy atom. The predicted molar refractivity (Wildman–Crippen MR) is 116 cm³/mol. The molecule has 0 aliphatic carbocycles. The summed E-state index contributed by atoms with van der Waals surface area (Å²) in [4.78, 5) is 31.9. The van der Waals surface area contributed by atoms with Crippen LogP contribution >= 0.6 is 11.3 Å². The molecular formula is C23H28N2O4S. The van der Waals surface area contributed by atoms with E-state index >= 15 is 0 Å². The van der Waals surface area contributed by atoms with Gasteiger partial charge < -0.3 is 19.3 Å². The van der Waals surface area contributed by atoms with Gasteiger partial charge in [0, 0.05) is 30.6 Å². The van der Waals surface area contributed by atoms with Crippen LogP contribution in [0.25, 0.3) is 0 Å². The van der Waals surface area contributed by atoms with Crippen molar-refractivity contribution in [3.05, 3.63) is 45.6 Å². The summed E-state index contributed by atoms with van der Waals surface area (Å²) in [7, 11) is 4.90. The van der Waals surface area contributed by atoms with Crippen molar-refractivity contribution in [3.8, 4) is 11.5 Å². The van der Waals surface area contributed by atoms with E-state index in [1.807, 2.05) is 28.5 Å². The summed E-state index contributed by atoms with van der Waals surface area (Å²) in [6.45, 7) is 3.71. The number of piperidine rings is 1. The third-order valence-electron chi connectivity index (χ3n) is 6.24. The van der Waals surface area contributed by atoms with E-state index in [9.17, 15) is 9.59 Å². The molecule has 0 spiro atoms. The maximum absolute atomic E-state index is 13.9. The Balaban J connectivity index is 1.87. The molecular weight excluding hydrogens is 400 g/mol. The van der Waals surface area contributed by atoms with Gasteiger partial charge in [-0.05, 0) is 47.9 Å². The topological polar surface area (TPSA) is 59.1 Å². The van der Waals surface area contributed by atoms with E-state index in [0.717, 1.165) is 36.4 Å². The van der Waals surface area contributed by atoms with Gasteiger partial charge >= 0.3 is 0 Å². The Hall–Kier alpha value is -2.54. The van der Waals surface area contributed by atoms with Crippen molar-refractivity contribution in [1.29, 1.82) is 0 Å². The molecule has 3 heterocycles. The van der Waals surface area contributed by atoms with Crippen LogP contribution in [0.4, 0.5) is 0 Å². The maximum Gasteiger partial charge on any atom is 0.254 e. The highest BCUT2D eigenvalue weighted by Crippen LogP contribution is 2.47. The summed E-state index contributed by atoms with van der Waals surface area (Å²) in [6.07, 6.45) is 2.15. The van der Waals surface area contributed by atoms with Crippen molar-refractivity contribution in [2.75, 3.05) is 34.4 Å². The predicted octanol–water partition coefficient (Wildman–Crippen LogP) is 3.93. The number of ether oxygens (including phenoxy) is 2. The minimum absolute atomic E-state index is 0.0766. The van der Waals surface area contributed by atoms with Crippen LogP contribution in [0.3, 0.4) is 0 Å². The standard InChI is InChI=1S/C23H28N2O4S/c1-14-7-5-9-25(13-14)23(27)20-15-11-17(28-3)18(29-4)12-16(15)22(26)24(2)21(20)19-8-6-10-30-19/h6,8,10-12,14,20-21H,5,7,9,13H2,1-4H3. The number of benzene rings is 1. The van der Waals surface area contributed by atoms with E-state index in [0.29, 0.717) is 23.0 Å². The van der Waals surface area contributed by atoms with Crippen LogP contribution in [0.1, 0.15) is 52.5 Å². The van der Waals surface area contributed by atoms with E-state index < -0.39 is 5.92 Å². The van der Waals surface area contributed by atoms with Crippen LogP contribution in [-0.4, -0.2) is 56.0 Å². The molecule has 2 aromatic rings. The first-order valence-electron chi connectivity index (χ1n) is 10.3. The highest BCUT2D eigenvalue weighted by atomic mass is 32.1. The molecule has 4 rings (SSSR count). The molecule has 3 unspecified atom stereocenters. The molecule has 0 radical (unpaired) electrons. The lowest BCUT2D eigenvalue weighted by atomic mass is 9.80. The van der Waals surface area contributed by atoms with Crippen molar-refractivity contribution in [2.24, 2.45) is 5.92 Å². The third-order valence-corrected chi connectivity index (χ3v) is 7.19. The van der Waals surface area contributed by atoms with Gasteiger partial charge in [0.05, 0.1) is 26.2 Å². The van der Waals surface area contributed by atoms with Gasteiger partial charge in [0.15, 0.2) is 11.5 Å². The Labute approximate surface area is 181 Å². The van der Waals surface area contributed by atoms with E-state index in [1.54, 1.807) is 43.6 Å². The largest absolute Gasteiger partial charge is 0.493 e. The first-order chi connectivity index (χ1) is 14.5.